The van der Waals surface area contributed by atoms with Crippen molar-refractivity contribution in [2.45, 2.75) is 13.8 Å². The molecule has 1 saturated heterocycles. The first-order chi connectivity index (χ1) is 10.1. The highest BCUT2D eigenvalue weighted by atomic mass is 16.2. The standard InChI is InChI=1S/C12H19N7O2/c1-4-18(5-2)11-15-10(13-3)16-12(17-11)19-6-8(20)14-9(21)7-19/h4-7H2,1-3H3,(H,14,20,21)(H,13,15,16,17). The number of hydrogen-bond donors (Lipinski definition) is 2. The summed E-state index contributed by atoms with van der Waals surface area (Å²) in [6.45, 7) is 5.62. The molecule has 0 unspecified atom stereocenters. The molecule has 2 rings (SSSR count). The first-order valence-electron chi connectivity index (χ1n) is 6.83. The zero-order valence-electron chi connectivity index (χ0n) is 12.4. The predicted molar refractivity (Wildman–Crippen MR) is 78.3 cm³/mol. The lowest BCUT2D eigenvalue weighted by Gasteiger charge is -2.27. The third kappa shape index (κ3) is 3.36. The summed E-state index contributed by atoms with van der Waals surface area (Å²) in [6.07, 6.45) is 0. The van der Waals surface area contributed by atoms with Gasteiger partial charge in [-0.2, -0.15) is 15.0 Å². The van der Waals surface area contributed by atoms with Crippen LogP contribution in [-0.2, 0) is 9.59 Å². The molecule has 0 radical (unpaired) electrons. The van der Waals surface area contributed by atoms with E-state index in [9.17, 15) is 9.59 Å². The smallest absolute Gasteiger partial charge is 0.246 e. The van der Waals surface area contributed by atoms with E-state index in [2.05, 4.69) is 25.6 Å². The molecule has 0 spiro atoms. The maximum Gasteiger partial charge on any atom is 0.246 e. The van der Waals surface area contributed by atoms with Crippen LogP contribution in [0.5, 0.6) is 0 Å². The molecule has 1 fully saturated rings. The van der Waals surface area contributed by atoms with Gasteiger partial charge >= 0.3 is 0 Å². The average molecular weight is 293 g/mol. The highest BCUT2D eigenvalue weighted by Gasteiger charge is 2.25. The van der Waals surface area contributed by atoms with Crippen LogP contribution in [0, 0.1) is 0 Å². The van der Waals surface area contributed by atoms with E-state index in [4.69, 9.17) is 0 Å². The van der Waals surface area contributed by atoms with Gasteiger partial charge in [0.15, 0.2) is 0 Å². The van der Waals surface area contributed by atoms with Crippen molar-refractivity contribution in [1.82, 2.24) is 20.3 Å². The second-order valence-corrected chi connectivity index (χ2v) is 4.51. The Morgan fingerprint density at radius 3 is 2.29 bits per heavy atom. The van der Waals surface area contributed by atoms with Crippen LogP contribution in [0.25, 0.3) is 0 Å². The van der Waals surface area contributed by atoms with E-state index in [0.29, 0.717) is 17.8 Å². The first-order valence-corrected chi connectivity index (χ1v) is 6.83. The number of aromatic nitrogens is 3. The second kappa shape index (κ2) is 6.33. The van der Waals surface area contributed by atoms with Crippen molar-refractivity contribution in [2.24, 2.45) is 0 Å². The van der Waals surface area contributed by atoms with E-state index in [1.54, 1.807) is 7.05 Å². The van der Waals surface area contributed by atoms with E-state index >= 15 is 0 Å². The minimum Gasteiger partial charge on any atom is -0.357 e. The van der Waals surface area contributed by atoms with E-state index in [1.165, 1.54) is 4.90 Å². The number of rotatable bonds is 5. The predicted octanol–water partition coefficient (Wildman–Crippen LogP) is -0.778. The van der Waals surface area contributed by atoms with E-state index < -0.39 is 0 Å². The minimum atomic E-state index is -0.359. The molecule has 9 nitrogen and oxygen atoms in total. The summed E-state index contributed by atoms with van der Waals surface area (Å²) < 4.78 is 0. The molecular formula is C12H19N7O2. The SMILES string of the molecule is CCN(CC)c1nc(NC)nc(N2CC(=O)NC(=O)C2)n1. The number of hydrogen-bond acceptors (Lipinski definition) is 8. The lowest BCUT2D eigenvalue weighted by Crippen LogP contribution is -2.52. The van der Waals surface area contributed by atoms with Gasteiger partial charge in [-0.05, 0) is 13.8 Å². The van der Waals surface area contributed by atoms with E-state index in [0.717, 1.165) is 13.1 Å². The summed E-state index contributed by atoms with van der Waals surface area (Å²) in [6, 6.07) is 0. The minimum absolute atomic E-state index is 0.0522. The highest BCUT2D eigenvalue weighted by molar-refractivity contribution is 6.02. The van der Waals surface area contributed by atoms with Gasteiger partial charge < -0.3 is 15.1 Å². The van der Waals surface area contributed by atoms with Gasteiger partial charge in [0, 0.05) is 20.1 Å². The van der Waals surface area contributed by atoms with Crippen LogP contribution in [0.2, 0.25) is 0 Å². The summed E-state index contributed by atoms with van der Waals surface area (Å²) in [7, 11) is 1.71. The molecular weight excluding hydrogens is 274 g/mol. The van der Waals surface area contributed by atoms with Gasteiger partial charge in [0.05, 0.1) is 0 Å². The molecule has 1 aromatic rings. The summed E-state index contributed by atoms with van der Waals surface area (Å²) in [4.78, 5) is 39.4. The quantitative estimate of drug-likeness (QED) is 0.682. The van der Waals surface area contributed by atoms with Gasteiger partial charge in [-0.3, -0.25) is 14.9 Å². The van der Waals surface area contributed by atoms with Crippen LogP contribution in [0.15, 0.2) is 0 Å². The largest absolute Gasteiger partial charge is 0.357 e. The van der Waals surface area contributed by atoms with Gasteiger partial charge in [-0.15, -0.1) is 0 Å². The molecule has 0 aromatic carbocycles. The van der Waals surface area contributed by atoms with Crippen molar-refractivity contribution < 1.29 is 9.59 Å². The lowest BCUT2D eigenvalue weighted by atomic mass is 10.3. The normalized spacial score (nSPS) is 14.9. The molecule has 21 heavy (non-hydrogen) atoms. The third-order valence-electron chi connectivity index (χ3n) is 3.11. The number of piperazine rings is 1. The van der Waals surface area contributed by atoms with Gasteiger partial charge in [-0.25, -0.2) is 0 Å². The van der Waals surface area contributed by atoms with E-state index in [1.807, 2.05) is 18.7 Å². The summed E-state index contributed by atoms with van der Waals surface area (Å²) in [5.41, 5.74) is 0. The first kappa shape index (κ1) is 14.9. The Bertz CT molecular complexity index is 528. The molecule has 1 aliphatic rings. The molecule has 0 saturated carbocycles. The zero-order chi connectivity index (χ0) is 15.4. The van der Waals surface area contributed by atoms with Gasteiger partial charge in [-0.1, -0.05) is 0 Å². The molecule has 1 aromatic heterocycles. The molecule has 114 valence electrons. The number of nitrogens with zero attached hydrogens (tertiary/aromatic N) is 5. The second-order valence-electron chi connectivity index (χ2n) is 4.51. The van der Waals surface area contributed by atoms with Crippen molar-refractivity contribution >= 4 is 29.7 Å². The fourth-order valence-corrected chi connectivity index (χ4v) is 2.03. The van der Waals surface area contributed by atoms with Crippen LogP contribution < -0.4 is 20.4 Å². The number of carbonyl (C=O) groups excluding carboxylic acids is 2. The number of amides is 2. The van der Waals surface area contributed by atoms with Gasteiger partial charge in [0.2, 0.25) is 29.7 Å². The number of carbonyl (C=O) groups is 2. The Morgan fingerprint density at radius 2 is 1.76 bits per heavy atom. The lowest BCUT2D eigenvalue weighted by molar-refractivity contribution is -0.130. The fraction of sp³-hybridized carbons (Fsp3) is 0.583. The van der Waals surface area contributed by atoms with Crippen molar-refractivity contribution in [1.29, 1.82) is 0 Å². The zero-order valence-corrected chi connectivity index (χ0v) is 12.4. The molecule has 2 heterocycles. The van der Waals surface area contributed by atoms with Crippen molar-refractivity contribution in [3.05, 3.63) is 0 Å². The molecule has 0 atom stereocenters. The van der Waals surface area contributed by atoms with Gasteiger partial charge in [0.1, 0.15) is 13.1 Å². The van der Waals surface area contributed by atoms with Crippen molar-refractivity contribution in [3.8, 4) is 0 Å². The summed E-state index contributed by atoms with van der Waals surface area (Å²) in [5, 5.41) is 5.12. The monoisotopic (exact) mass is 293 g/mol. The summed E-state index contributed by atoms with van der Waals surface area (Å²) in [5.74, 6) is 0.525. The molecule has 0 bridgehead atoms. The Morgan fingerprint density at radius 1 is 1.14 bits per heavy atom. The number of imide groups is 1. The molecule has 2 amide bonds. The third-order valence-corrected chi connectivity index (χ3v) is 3.11. The van der Waals surface area contributed by atoms with Crippen LogP contribution in [-0.4, -0.2) is 60.0 Å². The van der Waals surface area contributed by atoms with Crippen LogP contribution in [0.4, 0.5) is 17.8 Å². The highest BCUT2D eigenvalue weighted by Crippen LogP contribution is 2.17. The summed E-state index contributed by atoms with van der Waals surface area (Å²) >= 11 is 0. The van der Waals surface area contributed by atoms with E-state index in [-0.39, 0.29) is 24.9 Å². The maximum absolute atomic E-state index is 11.5. The molecule has 9 heteroatoms. The van der Waals surface area contributed by atoms with Crippen LogP contribution >= 0.6 is 0 Å². The average Bonchev–Trinajstić information content (AvgIpc) is 2.47. The molecule has 1 aliphatic heterocycles. The van der Waals surface area contributed by atoms with Crippen LogP contribution in [0.3, 0.4) is 0 Å². The van der Waals surface area contributed by atoms with Crippen molar-refractivity contribution in [2.75, 3.05) is 48.3 Å². The molecule has 2 N–H and O–H groups in total. The van der Waals surface area contributed by atoms with Crippen molar-refractivity contribution in [3.63, 3.8) is 0 Å². The topological polar surface area (TPSA) is 103 Å². The fourth-order valence-electron chi connectivity index (χ4n) is 2.03. The van der Waals surface area contributed by atoms with Crippen LogP contribution in [0.1, 0.15) is 13.8 Å². The number of nitrogens with one attached hydrogen (secondary N) is 2. The molecule has 0 aliphatic carbocycles. The Hall–Kier alpha value is -2.45. The Balaban J connectivity index is 2.36. The maximum atomic E-state index is 11.5. The number of anilines is 3. The Labute approximate surface area is 122 Å². The Kier molecular flexibility index (Phi) is 4.51. The van der Waals surface area contributed by atoms with Gasteiger partial charge in [0.25, 0.3) is 0 Å².